The maximum atomic E-state index is 12.9. The smallest absolute Gasteiger partial charge is 0.396 e. The molecule has 1 saturated carbocycles. The van der Waals surface area contributed by atoms with Crippen LogP contribution in [-0.2, 0) is 6.18 Å². The number of hydrogen-bond donors (Lipinski definition) is 3. The van der Waals surface area contributed by atoms with Gasteiger partial charge in [0.25, 0.3) is 0 Å². The molecule has 0 atom stereocenters. The Kier molecular flexibility index (Phi) is 4.89. The Morgan fingerprint density at radius 3 is 2.57 bits per heavy atom. The molecular formula is C13H19F3N4O. The van der Waals surface area contributed by atoms with Gasteiger partial charge in [0.2, 0.25) is 0 Å². The quantitative estimate of drug-likeness (QED) is 0.554. The molecule has 0 aliphatic heterocycles. The Balaban J connectivity index is 2.33. The van der Waals surface area contributed by atoms with Gasteiger partial charge >= 0.3 is 6.18 Å². The van der Waals surface area contributed by atoms with E-state index in [4.69, 9.17) is 10.9 Å². The van der Waals surface area contributed by atoms with Crippen LogP contribution in [0.25, 0.3) is 0 Å². The fraction of sp³-hybridized carbons (Fsp3) is 0.615. The maximum absolute atomic E-state index is 12.9. The lowest BCUT2D eigenvalue weighted by Crippen LogP contribution is -2.41. The Hall–Kier alpha value is -1.54. The fourth-order valence-corrected chi connectivity index (χ4v) is 2.32. The van der Waals surface area contributed by atoms with Crippen molar-refractivity contribution in [3.8, 4) is 0 Å². The summed E-state index contributed by atoms with van der Waals surface area (Å²) >= 11 is 0. The molecule has 1 fully saturated rings. The van der Waals surface area contributed by atoms with E-state index in [1.165, 1.54) is 0 Å². The first-order chi connectivity index (χ1) is 9.95. The summed E-state index contributed by atoms with van der Waals surface area (Å²) in [7, 11) is 0. The highest BCUT2D eigenvalue weighted by Crippen LogP contribution is 2.35. The highest BCUT2D eigenvalue weighted by Gasteiger charge is 2.33. The first kappa shape index (κ1) is 15.8. The lowest BCUT2D eigenvalue weighted by atomic mass is 9.91. The summed E-state index contributed by atoms with van der Waals surface area (Å²) in [6.45, 7) is 0.462. The van der Waals surface area contributed by atoms with Crippen molar-refractivity contribution in [1.82, 2.24) is 4.98 Å². The number of hydrogen-bond acceptors (Lipinski definition) is 5. The van der Waals surface area contributed by atoms with Crippen molar-refractivity contribution in [2.24, 2.45) is 5.84 Å². The molecule has 0 radical (unpaired) electrons. The molecule has 4 N–H and O–H groups in total. The van der Waals surface area contributed by atoms with Gasteiger partial charge in [-0.15, -0.1) is 0 Å². The predicted molar refractivity (Wildman–Crippen MR) is 73.7 cm³/mol. The number of nitrogens with one attached hydrogen (secondary N) is 1. The SMILES string of the molecule is NNc1cc(C(F)(F)F)cc(N(CCCO)C2CCC2)n1. The summed E-state index contributed by atoms with van der Waals surface area (Å²) in [5.74, 6) is 5.44. The van der Waals surface area contributed by atoms with Gasteiger partial charge in [-0.1, -0.05) is 0 Å². The number of anilines is 2. The third kappa shape index (κ3) is 3.76. The summed E-state index contributed by atoms with van der Waals surface area (Å²) in [5, 5.41) is 8.96. The fourth-order valence-electron chi connectivity index (χ4n) is 2.32. The average molecular weight is 304 g/mol. The summed E-state index contributed by atoms with van der Waals surface area (Å²) < 4.78 is 38.8. The van der Waals surface area contributed by atoms with Gasteiger partial charge in [-0.3, -0.25) is 0 Å². The van der Waals surface area contributed by atoms with Crippen LogP contribution in [0.4, 0.5) is 24.8 Å². The van der Waals surface area contributed by atoms with Gasteiger partial charge in [0.05, 0.1) is 5.56 Å². The highest BCUT2D eigenvalue weighted by atomic mass is 19.4. The third-order valence-corrected chi connectivity index (χ3v) is 3.65. The number of aromatic nitrogens is 1. The zero-order valence-corrected chi connectivity index (χ0v) is 11.5. The van der Waals surface area contributed by atoms with E-state index in [1.807, 2.05) is 4.90 Å². The van der Waals surface area contributed by atoms with E-state index in [-0.39, 0.29) is 24.3 Å². The number of alkyl halides is 3. The molecule has 118 valence electrons. The van der Waals surface area contributed by atoms with Crippen LogP contribution in [0, 0.1) is 0 Å². The van der Waals surface area contributed by atoms with Crippen molar-refractivity contribution >= 4 is 11.6 Å². The lowest BCUT2D eigenvalue weighted by Gasteiger charge is -2.38. The van der Waals surface area contributed by atoms with Crippen LogP contribution >= 0.6 is 0 Å². The van der Waals surface area contributed by atoms with Crippen LogP contribution in [0.2, 0.25) is 0 Å². The molecule has 5 nitrogen and oxygen atoms in total. The zero-order chi connectivity index (χ0) is 15.5. The second-order valence-corrected chi connectivity index (χ2v) is 5.10. The molecule has 0 amide bonds. The van der Waals surface area contributed by atoms with Crippen molar-refractivity contribution < 1.29 is 18.3 Å². The predicted octanol–water partition coefficient (Wildman–Crippen LogP) is 2.13. The van der Waals surface area contributed by atoms with Gasteiger partial charge in [-0.05, 0) is 37.8 Å². The van der Waals surface area contributed by atoms with Gasteiger partial charge in [0, 0.05) is 19.2 Å². The van der Waals surface area contributed by atoms with E-state index < -0.39 is 11.7 Å². The Labute approximate surface area is 120 Å². The Bertz CT molecular complexity index is 477. The van der Waals surface area contributed by atoms with Crippen LogP contribution in [0.15, 0.2) is 12.1 Å². The molecule has 0 saturated heterocycles. The molecule has 0 spiro atoms. The molecule has 1 aliphatic carbocycles. The molecule has 1 aromatic heterocycles. The number of nitrogens with two attached hydrogens (primary N) is 1. The average Bonchev–Trinajstić information content (AvgIpc) is 2.39. The number of aliphatic hydroxyl groups excluding tert-OH is 1. The standard InChI is InChI=1S/C13H19F3N4O/c14-13(15,16)9-7-11(19-17)18-12(8-9)20(5-2-6-21)10-3-1-4-10/h7-8,10,21H,1-6,17H2,(H,18,19). The van der Waals surface area contributed by atoms with Crippen LogP contribution in [0.3, 0.4) is 0 Å². The van der Waals surface area contributed by atoms with Crippen molar-refractivity contribution in [2.45, 2.75) is 37.9 Å². The second kappa shape index (κ2) is 6.48. The van der Waals surface area contributed by atoms with E-state index in [0.717, 1.165) is 31.4 Å². The van der Waals surface area contributed by atoms with Gasteiger partial charge in [0.1, 0.15) is 11.6 Å². The molecule has 0 aromatic carbocycles. The monoisotopic (exact) mass is 304 g/mol. The number of halogens is 3. The van der Waals surface area contributed by atoms with Crippen molar-refractivity contribution in [3.05, 3.63) is 17.7 Å². The zero-order valence-electron chi connectivity index (χ0n) is 11.5. The number of aliphatic hydroxyl groups is 1. The molecule has 0 bridgehead atoms. The molecular weight excluding hydrogens is 285 g/mol. The molecule has 8 heteroatoms. The second-order valence-electron chi connectivity index (χ2n) is 5.10. The molecule has 1 aromatic rings. The van der Waals surface area contributed by atoms with Gasteiger partial charge in [-0.2, -0.15) is 13.2 Å². The van der Waals surface area contributed by atoms with Crippen LogP contribution in [-0.4, -0.2) is 29.3 Å². The first-order valence-electron chi connectivity index (χ1n) is 6.89. The van der Waals surface area contributed by atoms with Gasteiger partial charge in [-0.25, -0.2) is 10.8 Å². The summed E-state index contributed by atoms with van der Waals surface area (Å²) in [6.07, 6.45) is -1.06. The number of nitrogen functional groups attached to an aromatic ring is 1. The van der Waals surface area contributed by atoms with E-state index in [1.54, 1.807) is 0 Å². The first-order valence-corrected chi connectivity index (χ1v) is 6.89. The van der Waals surface area contributed by atoms with Crippen LogP contribution in [0.5, 0.6) is 0 Å². The molecule has 1 aliphatic rings. The number of nitrogens with zero attached hydrogens (tertiary/aromatic N) is 2. The van der Waals surface area contributed by atoms with Crippen molar-refractivity contribution in [3.63, 3.8) is 0 Å². The minimum atomic E-state index is -4.45. The lowest BCUT2D eigenvalue weighted by molar-refractivity contribution is -0.137. The van der Waals surface area contributed by atoms with Crippen molar-refractivity contribution in [2.75, 3.05) is 23.5 Å². The topological polar surface area (TPSA) is 74.4 Å². The minimum Gasteiger partial charge on any atom is -0.396 e. The summed E-state index contributed by atoms with van der Waals surface area (Å²) in [6, 6.07) is 2.10. The maximum Gasteiger partial charge on any atom is 0.416 e. The molecule has 21 heavy (non-hydrogen) atoms. The number of hydrazine groups is 1. The van der Waals surface area contributed by atoms with E-state index in [2.05, 4.69) is 10.4 Å². The highest BCUT2D eigenvalue weighted by molar-refractivity contribution is 5.51. The Morgan fingerprint density at radius 2 is 2.10 bits per heavy atom. The van der Waals surface area contributed by atoms with Crippen LogP contribution in [0.1, 0.15) is 31.2 Å². The summed E-state index contributed by atoms with van der Waals surface area (Å²) in [4.78, 5) is 5.96. The molecule has 2 rings (SSSR count). The molecule has 0 unspecified atom stereocenters. The third-order valence-electron chi connectivity index (χ3n) is 3.65. The molecule has 1 heterocycles. The van der Waals surface area contributed by atoms with E-state index in [9.17, 15) is 13.2 Å². The minimum absolute atomic E-state index is 0.00974. The largest absolute Gasteiger partial charge is 0.416 e. The van der Waals surface area contributed by atoms with Crippen molar-refractivity contribution in [1.29, 1.82) is 0 Å². The van der Waals surface area contributed by atoms with E-state index >= 15 is 0 Å². The van der Waals surface area contributed by atoms with E-state index in [0.29, 0.717) is 13.0 Å². The number of rotatable bonds is 6. The Morgan fingerprint density at radius 1 is 1.38 bits per heavy atom. The normalized spacial score (nSPS) is 15.7. The summed E-state index contributed by atoms with van der Waals surface area (Å²) in [5.41, 5.74) is 1.40. The van der Waals surface area contributed by atoms with Gasteiger partial charge < -0.3 is 15.4 Å². The van der Waals surface area contributed by atoms with Crippen LogP contribution < -0.4 is 16.2 Å². The van der Waals surface area contributed by atoms with Gasteiger partial charge in [0.15, 0.2) is 0 Å². The number of pyridine rings is 1.